The predicted molar refractivity (Wildman–Crippen MR) is 115 cm³/mol. The van der Waals surface area contributed by atoms with Crippen LogP contribution in [-0.4, -0.2) is 72.5 Å². The van der Waals surface area contributed by atoms with E-state index in [0.717, 1.165) is 48.6 Å². The van der Waals surface area contributed by atoms with E-state index in [2.05, 4.69) is 28.0 Å². The van der Waals surface area contributed by atoms with Gasteiger partial charge in [-0.2, -0.15) is 10.4 Å². The lowest BCUT2D eigenvalue weighted by atomic mass is 10.1. The molecule has 0 spiro atoms. The minimum atomic E-state index is -0.0269. The van der Waals surface area contributed by atoms with Crippen LogP contribution < -0.4 is 9.64 Å². The molecule has 1 atom stereocenters. The van der Waals surface area contributed by atoms with E-state index < -0.39 is 0 Å². The summed E-state index contributed by atoms with van der Waals surface area (Å²) in [5.74, 6) is 1.63. The van der Waals surface area contributed by atoms with Crippen molar-refractivity contribution in [1.29, 1.82) is 5.26 Å². The Bertz CT molecular complexity index is 1050. The summed E-state index contributed by atoms with van der Waals surface area (Å²) in [6.07, 6.45) is 5.19. The van der Waals surface area contributed by atoms with Crippen molar-refractivity contribution in [2.45, 2.75) is 13.0 Å². The van der Waals surface area contributed by atoms with Crippen LogP contribution in [0.3, 0.4) is 0 Å². The fourth-order valence-corrected chi connectivity index (χ4v) is 3.53. The monoisotopic (exact) mass is 406 g/mol. The Morgan fingerprint density at radius 3 is 2.67 bits per heavy atom. The second-order valence-corrected chi connectivity index (χ2v) is 7.61. The van der Waals surface area contributed by atoms with Crippen molar-refractivity contribution in [2.24, 2.45) is 0 Å². The number of hydrogen-bond donors (Lipinski definition) is 0. The van der Waals surface area contributed by atoms with Gasteiger partial charge < -0.3 is 19.3 Å². The van der Waals surface area contributed by atoms with Gasteiger partial charge in [0.25, 0.3) is 0 Å². The number of aromatic nitrogens is 3. The number of rotatable bonds is 6. The van der Waals surface area contributed by atoms with Crippen LogP contribution in [0.5, 0.6) is 5.75 Å². The normalized spacial score (nSPS) is 15.9. The largest absolute Gasteiger partial charge is 0.489 e. The van der Waals surface area contributed by atoms with Gasteiger partial charge in [0.1, 0.15) is 24.2 Å². The first kappa shape index (κ1) is 20.1. The molecule has 1 unspecified atom stereocenters. The van der Waals surface area contributed by atoms with Gasteiger partial charge in [0, 0.05) is 50.6 Å². The lowest BCUT2D eigenvalue weighted by molar-refractivity contribution is 0.0715. The molecule has 1 aliphatic rings. The molecule has 8 nitrogen and oxygen atoms in total. The van der Waals surface area contributed by atoms with Crippen LogP contribution in [0.4, 0.5) is 5.82 Å². The van der Waals surface area contributed by atoms with Crippen LogP contribution in [0.2, 0.25) is 0 Å². The van der Waals surface area contributed by atoms with Crippen molar-refractivity contribution in [3.8, 4) is 22.9 Å². The van der Waals surface area contributed by atoms with Gasteiger partial charge in [0.05, 0.1) is 29.6 Å². The van der Waals surface area contributed by atoms with Gasteiger partial charge in [-0.1, -0.05) is 0 Å². The highest BCUT2D eigenvalue weighted by molar-refractivity contribution is 5.85. The van der Waals surface area contributed by atoms with Gasteiger partial charge in [-0.3, -0.25) is 0 Å². The van der Waals surface area contributed by atoms with E-state index in [0.29, 0.717) is 17.9 Å². The molecule has 0 aromatic carbocycles. The zero-order valence-electron chi connectivity index (χ0n) is 17.6. The number of ether oxygens (including phenoxy) is 2. The molecule has 0 N–H and O–H groups in total. The van der Waals surface area contributed by atoms with Crippen LogP contribution >= 0.6 is 0 Å². The number of anilines is 1. The molecule has 1 aliphatic heterocycles. The summed E-state index contributed by atoms with van der Waals surface area (Å²) < 4.78 is 12.9. The van der Waals surface area contributed by atoms with E-state index in [4.69, 9.17) is 14.5 Å². The number of likely N-dealkylation sites (N-methyl/N-ethyl adjacent to an activating group) is 1. The predicted octanol–water partition coefficient (Wildman–Crippen LogP) is 2.43. The smallest absolute Gasteiger partial charge is 0.138 e. The Morgan fingerprint density at radius 1 is 1.20 bits per heavy atom. The standard InChI is InChI=1S/C22H26N6O2/c1-16(29-3)15-30-19-10-20(22-18(11-23)13-25-28(22)14-19)17-4-5-21(24-12-17)27-8-6-26(2)7-9-27/h4-5,10,12-14,16H,6-9,15H2,1-3H3. The molecule has 0 saturated carbocycles. The van der Waals surface area contributed by atoms with E-state index in [9.17, 15) is 5.26 Å². The number of fused-ring (bicyclic) bond motifs is 1. The summed E-state index contributed by atoms with van der Waals surface area (Å²) in [4.78, 5) is 9.32. The third-order valence-electron chi connectivity index (χ3n) is 5.48. The van der Waals surface area contributed by atoms with Crippen molar-refractivity contribution < 1.29 is 9.47 Å². The molecule has 1 saturated heterocycles. The highest BCUT2D eigenvalue weighted by Crippen LogP contribution is 2.31. The van der Waals surface area contributed by atoms with E-state index >= 15 is 0 Å². The molecule has 3 aromatic heterocycles. The molecular weight excluding hydrogens is 380 g/mol. The summed E-state index contributed by atoms with van der Waals surface area (Å²) in [7, 11) is 3.79. The number of nitriles is 1. The highest BCUT2D eigenvalue weighted by atomic mass is 16.5. The first-order chi connectivity index (χ1) is 14.6. The fourth-order valence-electron chi connectivity index (χ4n) is 3.53. The highest BCUT2D eigenvalue weighted by Gasteiger charge is 2.17. The van der Waals surface area contributed by atoms with Gasteiger partial charge in [0.15, 0.2) is 0 Å². The first-order valence-electron chi connectivity index (χ1n) is 10.1. The van der Waals surface area contributed by atoms with Crippen LogP contribution in [0.1, 0.15) is 12.5 Å². The molecule has 30 heavy (non-hydrogen) atoms. The summed E-state index contributed by atoms with van der Waals surface area (Å²) in [6, 6.07) is 8.26. The molecule has 4 rings (SSSR count). The SMILES string of the molecule is COC(C)COc1cc(-c2ccc(N3CCN(C)CC3)nc2)c2c(C#N)cnn2c1. The van der Waals surface area contributed by atoms with Gasteiger partial charge >= 0.3 is 0 Å². The van der Waals surface area contributed by atoms with Crippen molar-refractivity contribution >= 4 is 11.3 Å². The maximum absolute atomic E-state index is 9.53. The molecule has 1 fully saturated rings. The minimum Gasteiger partial charge on any atom is -0.489 e. The number of methoxy groups -OCH3 is 1. The lowest BCUT2D eigenvalue weighted by Crippen LogP contribution is -2.44. The first-order valence-corrected chi connectivity index (χ1v) is 10.1. The molecule has 0 amide bonds. The average Bonchev–Trinajstić information content (AvgIpc) is 3.20. The second-order valence-electron chi connectivity index (χ2n) is 7.61. The maximum atomic E-state index is 9.53. The van der Waals surface area contributed by atoms with Gasteiger partial charge in [-0.05, 0) is 32.2 Å². The molecule has 156 valence electrons. The Morgan fingerprint density at radius 2 is 2.00 bits per heavy atom. The Labute approximate surface area is 176 Å². The topological polar surface area (TPSA) is 78.9 Å². The molecule has 0 bridgehead atoms. The summed E-state index contributed by atoms with van der Waals surface area (Å²) in [5.41, 5.74) is 3.05. The van der Waals surface area contributed by atoms with Crippen LogP contribution in [0, 0.1) is 11.3 Å². The quantitative estimate of drug-likeness (QED) is 0.622. The minimum absolute atomic E-state index is 0.0269. The third-order valence-corrected chi connectivity index (χ3v) is 5.48. The van der Waals surface area contributed by atoms with Gasteiger partial charge in [-0.15, -0.1) is 0 Å². The van der Waals surface area contributed by atoms with Gasteiger partial charge in [-0.25, -0.2) is 9.50 Å². The van der Waals surface area contributed by atoms with E-state index in [1.165, 1.54) is 0 Å². The summed E-state index contributed by atoms with van der Waals surface area (Å²) in [6.45, 7) is 6.37. The van der Waals surface area contributed by atoms with Crippen molar-refractivity contribution in [3.63, 3.8) is 0 Å². The lowest BCUT2D eigenvalue weighted by Gasteiger charge is -2.33. The second kappa shape index (κ2) is 8.69. The Hall–Kier alpha value is -3.15. The van der Waals surface area contributed by atoms with Crippen LogP contribution in [0.25, 0.3) is 16.6 Å². The summed E-state index contributed by atoms with van der Waals surface area (Å²) >= 11 is 0. The molecular formula is C22H26N6O2. The molecule has 8 heteroatoms. The van der Waals surface area contributed by atoms with Crippen molar-refractivity contribution in [1.82, 2.24) is 19.5 Å². The molecule has 0 aliphatic carbocycles. The third kappa shape index (κ3) is 4.08. The van der Waals surface area contributed by atoms with E-state index in [1.54, 1.807) is 24.0 Å². The zero-order chi connectivity index (χ0) is 21.1. The van der Waals surface area contributed by atoms with E-state index in [-0.39, 0.29) is 6.10 Å². The number of hydrogen-bond acceptors (Lipinski definition) is 7. The zero-order valence-corrected chi connectivity index (χ0v) is 17.6. The number of pyridine rings is 2. The number of piperazine rings is 1. The summed E-state index contributed by atoms with van der Waals surface area (Å²) in [5, 5.41) is 13.9. The average molecular weight is 406 g/mol. The molecule has 3 aromatic rings. The maximum Gasteiger partial charge on any atom is 0.138 e. The van der Waals surface area contributed by atoms with Crippen molar-refractivity contribution in [2.75, 3.05) is 51.8 Å². The Balaban J connectivity index is 1.67. The van der Waals surface area contributed by atoms with Crippen LogP contribution in [0.15, 0.2) is 36.8 Å². The Kier molecular flexibility index (Phi) is 5.84. The van der Waals surface area contributed by atoms with Gasteiger partial charge in [0.2, 0.25) is 0 Å². The fraction of sp³-hybridized carbons (Fsp3) is 0.409. The molecule has 4 heterocycles. The molecule has 0 radical (unpaired) electrons. The van der Waals surface area contributed by atoms with E-state index in [1.807, 2.05) is 31.3 Å². The van der Waals surface area contributed by atoms with Crippen LogP contribution in [-0.2, 0) is 4.74 Å². The number of nitrogens with zero attached hydrogens (tertiary/aromatic N) is 6. The van der Waals surface area contributed by atoms with Crippen molar-refractivity contribution in [3.05, 3.63) is 42.4 Å².